The number of fused-ring (bicyclic) bond motifs is 1. The first kappa shape index (κ1) is 25.7. The number of aromatic nitrogens is 2. The number of anilines is 1. The first-order valence-electron chi connectivity index (χ1n) is 12.5. The Morgan fingerprint density at radius 1 is 1.11 bits per heavy atom. The van der Waals surface area contributed by atoms with Gasteiger partial charge in [0.05, 0.1) is 45.1 Å². The van der Waals surface area contributed by atoms with Crippen molar-refractivity contribution in [2.24, 2.45) is 0 Å². The predicted octanol–water partition coefficient (Wildman–Crippen LogP) is 3.14. The molecule has 0 radical (unpaired) electrons. The molecule has 1 aromatic heterocycles. The molecule has 1 aromatic rings. The van der Waals surface area contributed by atoms with Gasteiger partial charge in [-0.3, -0.25) is 0 Å². The third-order valence-electron chi connectivity index (χ3n) is 6.40. The monoisotopic (exact) mass is 505 g/mol. The molecule has 0 N–H and O–H groups in total. The molecule has 2 fully saturated rings. The number of carbonyl (C=O) groups is 2. The van der Waals surface area contributed by atoms with Crippen molar-refractivity contribution in [1.29, 1.82) is 0 Å². The number of morpholine rings is 1. The van der Waals surface area contributed by atoms with Gasteiger partial charge in [-0.15, -0.1) is 0 Å². The van der Waals surface area contributed by atoms with Crippen molar-refractivity contribution >= 4 is 26.2 Å². The molecule has 4 heterocycles. The summed E-state index contributed by atoms with van der Waals surface area (Å²) in [5.41, 5.74) is 1.01. The van der Waals surface area contributed by atoms with Gasteiger partial charge in [-0.05, 0) is 26.8 Å². The Bertz CT molecular complexity index is 955. The van der Waals surface area contributed by atoms with Crippen LogP contribution < -0.4 is 4.90 Å². The number of amides is 2. The largest absolute Gasteiger partial charge is 0.450 e. The van der Waals surface area contributed by atoms with Gasteiger partial charge in [0.1, 0.15) is 11.2 Å². The molecular weight excluding hydrogens is 466 g/mol. The molecule has 0 bridgehead atoms. The van der Waals surface area contributed by atoms with Gasteiger partial charge in [0.2, 0.25) is 5.95 Å². The molecule has 35 heavy (non-hydrogen) atoms. The normalized spacial score (nSPS) is 19.8. The Balaban J connectivity index is 1.32. The number of nitrogens with zero attached hydrogens (tertiary/aromatic N) is 5. The molecule has 0 aliphatic carbocycles. The van der Waals surface area contributed by atoms with Gasteiger partial charge in [0, 0.05) is 39.3 Å². The Labute approximate surface area is 208 Å². The highest BCUT2D eigenvalue weighted by atomic mass is 28.3. The Kier molecular flexibility index (Phi) is 7.02. The molecule has 0 aromatic carbocycles. The Morgan fingerprint density at radius 3 is 2.54 bits per heavy atom. The molecule has 10 nitrogen and oxygen atoms in total. The molecule has 3 aliphatic heterocycles. The van der Waals surface area contributed by atoms with E-state index in [-0.39, 0.29) is 12.2 Å². The fraction of sp³-hybridized carbons (Fsp3) is 0.750. The lowest BCUT2D eigenvalue weighted by Gasteiger charge is -2.53. The van der Waals surface area contributed by atoms with E-state index in [0.29, 0.717) is 64.9 Å². The summed E-state index contributed by atoms with van der Waals surface area (Å²) in [5.74, 6) is 0.674. The van der Waals surface area contributed by atoms with E-state index >= 15 is 0 Å². The zero-order valence-corrected chi connectivity index (χ0v) is 22.9. The number of carbonyl (C=O) groups excluding carboxylic acids is 2. The maximum atomic E-state index is 12.5. The van der Waals surface area contributed by atoms with Crippen molar-refractivity contribution in [3.8, 4) is 0 Å². The van der Waals surface area contributed by atoms with E-state index in [0.717, 1.165) is 17.3 Å². The van der Waals surface area contributed by atoms with Gasteiger partial charge in [0.25, 0.3) is 0 Å². The topological polar surface area (TPSA) is 97.3 Å². The van der Waals surface area contributed by atoms with Crippen LogP contribution in [0.2, 0.25) is 25.7 Å². The summed E-state index contributed by atoms with van der Waals surface area (Å²) in [4.78, 5) is 39.8. The number of likely N-dealkylation sites (tertiary alicyclic amines) is 1. The first-order chi connectivity index (χ1) is 16.3. The van der Waals surface area contributed by atoms with E-state index < -0.39 is 19.3 Å². The number of hydrogen-bond acceptors (Lipinski definition) is 8. The van der Waals surface area contributed by atoms with Crippen LogP contribution >= 0.6 is 0 Å². The van der Waals surface area contributed by atoms with Crippen LogP contribution in [-0.2, 0) is 27.2 Å². The lowest BCUT2D eigenvalue weighted by Crippen LogP contribution is -2.71. The minimum Gasteiger partial charge on any atom is -0.450 e. The highest BCUT2D eigenvalue weighted by Crippen LogP contribution is 2.32. The van der Waals surface area contributed by atoms with Crippen LogP contribution in [0.1, 0.15) is 32.0 Å². The number of hydrogen-bond donors (Lipinski definition) is 0. The van der Waals surface area contributed by atoms with Crippen molar-refractivity contribution in [1.82, 2.24) is 19.8 Å². The minimum absolute atomic E-state index is 0.257. The standard InChI is InChI=1S/C24H39N5O5Si/c1-23(2,3)34-22(31)29-16-24(17-29)15-28(9-10-33-24)20-25-13-18-14-27(8-7-19(18)26-20)21(30)32-11-12-35(4,5)6/h13H,7-12,14-17H2,1-6H3. The highest BCUT2D eigenvalue weighted by molar-refractivity contribution is 6.76. The third-order valence-corrected chi connectivity index (χ3v) is 8.10. The third kappa shape index (κ3) is 6.43. The molecule has 194 valence electrons. The fourth-order valence-corrected chi connectivity index (χ4v) is 5.18. The van der Waals surface area contributed by atoms with Crippen LogP contribution in [0, 0.1) is 0 Å². The molecule has 11 heteroatoms. The summed E-state index contributed by atoms with van der Waals surface area (Å²) in [6, 6.07) is 0.964. The maximum absolute atomic E-state index is 12.5. The van der Waals surface area contributed by atoms with Crippen LogP contribution in [0.4, 0.5) is 15.5 Å². The maximum Gasteiger partial charge on any atom is 0.410 e. The molecule has 0 unspecified atom stereocenters. The predicted molar refractivity (Wildman–Crippen MR) is 134 cm³/mol. The average Bonchev–Trinajstić information content (AvgIpc) is 2.74. The zero-order valence-electron chi connectivity index (χ0n) is 21.9. The van der Waals surface area contributed by atoms with Crippen LogP contribution in [-0.4, -0.2) is 97.2 Å². The van der Waals surface area contributed by atoms with Gasteiger partial charge in [0.15, 0.2) is 0 Å². The zero-order chi connectivity index (χ0) is 25.4. The fourth-order valence-electron chi connectivity index (χ4n) is 4.46. The smallest absolute Gasteiger partial charge is 0.410 e. The van der Waals surface area contributed by atoms with Gasteiger partial charge in [-0.25, -0.2) is 19.6 Å². The Morgan fingerprint density at radius 2 is 1.86 bits per heavy atom. The lowest BCUT2D eigenvalue weighted by atomic mass is 9.92. The van der Waals surface area contributed by atoms with E-state index in [1.807, 2.05) is 27.0 Å². The molecule has 4 rings (SSSR count). The molecule has 2 amide bonds. The van der Waals surface area contributed by atoms with Crippen molar-refractivity contribution in [2.45, 2.75) is 70.6 Å². The molecule has 0 atom stereocenters. The minimum atomic E-state index is -1.24. The van der Waals surface area contributed by atoms with Crippen LogP contribution in [0.25, 0.3) is 0 Å². The van der Waals surface area contributed by atoms with E-state index in [4.69, 9.17) is 19.2 Å². The summed E-state index contributed by atoms with van der Waals surface area (Å²) < 4.78 is 17.0. The quantitative estimate of drug-likeness (QED) is 0.576. The van der Waals surface area contributed by atoms with Gasteiger partial charge in [-0.1, -0.05) is 19.6 Å². The summed E-state index contributed by atoms with van der Waals surface area (Å²) in [6.07, 6.45) is 1.94. The molecule has 0 saturated carbocycles. The molecular formula is C24H39N5O5Si. The second-order valence-corrected chi connectivity index (χ2v) is 17.6. The van der Waals surface area contributed by atoms with E-state index in [9.17, 15) is 9.59 Å². The van der Waals surface area contributed by atoms with E-state index in [1.54, 1.807) is 9.80 Å². The second-order valence-electron chi connectivity index (χ2n) is 12.0. The lowest BCUT2D eigenvalue weighted by molar-refractivity contribution is -0.144. The van der Waals surface area contributed by atoms with Gasteiger partial charge in [-0.2, -0.15) is 0 Å². The van der Waals surface area contributed by atoms with Crippen LogP contribution in [0.15, 0.2) is 6.20 Å². The highest BCUT2D eigenvalue weighted by Gasteiger charge is 2.50. The first-order valence-corrected chi connectivity index (χ1v) is 16.2. The van der Waals surface area contributed by atoms with Crippen molar-refractivity contribution in [3.63, 3.8) is 0 Å². The summed E-state index contributed by atoms with van der Waals surface area (Å²) in [5, 5.41) is 0. The number of ether oxygens (including phenoxy) is 3. The second kappa shape index (κ2) is 9.57. The van der Waals surface area contributed by atoms with Gasteiger partial charge < -0.3 is 28.9 Å². The van der Waals surface area contributed by atoms with E-state index in [2.05, 4.69) is 29.5 Å². The Hall–Kier alpha value is -2.40. The molecule has 3 aliphatic rings. The SMILES string of the molecule is CC(C)(C)OC(=O)N1CC2(C1)CN(c1ncc3c(n1)CCN(C(=O)OCC[Si](C)(C)C)C3)CCO2. The molecule has 2 saturated heterocycles. The van der Waals surface area contributed by atoms with E-state index in [1.165, 1.54) is 0 Å². The van der Waals surface area contributed by atoms with Crippen LogP contribution in [0.5, 0.6) is 0 Å². The van der Waals surface area contributed by atoms with Crippen LogP contribution in [0.3, 0.4) is 0 Å². The van der Waals surface area contributed by atoms with Crippen molar-refractivity contribution in [2.75, 3.05) is 50.8 Å². The van der Waals surface area contributed by atoms with Crippen molar-refractivity contribution < 1.29 is 23.8 Å². The average molecular weight is 506 g/mol. The van der Waals surface area contributed by atoms with Gasteiger partial charge >= 0.3 is 12.2 Å². The number of rotatable bonds is 4. The summed E-state index contributed by atoms with van der Waals surface area (Å²) >= 11 is 0. The summed E-state index contributed by atoms with van der Waals surface area (Å²) in [6.45, 7) is 16.8. The summed E-state index contributed by atoms with van der Waals surface area (Å²) in [7, 11) is -1.24. The molecule has 1 spiro atoms. The van der Waals surface area contributed by atoms with Crippen molar-refractivity contribution in [3.05, 3.63) is 17.5 Å².